The van der Waals surface area contributed by atoms with Crippen LogP contribution in [-0.2, 0) is 29.6 Å². The van der Waals surface area contributed by atoms with E-state index in [0.717, 1.165) is 55.0 Å². The number of rotatable bonds is 4. The second-order valence-electron chi connectivity index (χ2n) is 8.81. The summed E-state index contributed by atoms with van der Waals surface area (Å²) in [5.74, 6) is 0.884. The van der Waals surface area contributed by atoms with E-state index in [0.29, 0.717) is 19.5 Å². The Balaban J connectivity index is 1.28. The third-order valence-corrected chi connectivity index (χ3v) is 6.69. The zero-order chi connectivity index (χ0) is 23.1. The predicted octanol–water partition coefficient (Wildman–Crippen LogP) is 4.23. The fourth-order valence-corrected chi connectivity index (χ4v) is 4.86. The normalized spacial score (nSPS) is 18.5. The van der Waals surface area contributed by atoms with Gasteiger partial charge in [0.05, 0.1) is 30.3 Å². The Morgan fingerprint density at radius 2 is 1.55 bits per heavy atom. The topological polar surface area (TPSA) is 54.3 Å². The second-order valence-corrected chi connectivity index (χ2v) is 8.81. The van der Waals surface area contributed by atoms with E-state index in [-0.39, 0.29) is 11.4 Å². The van der Waals surface area contributed by atoms with Gasteiger partial charge in [0.25, 0.3) is 0 Å². The number of pyridine rings is 1. The minimum atomic E-state index is -4.32. The van der Waals surface area contributed by atoms with Crippen LogP contribution in [0.2, 0.25) is 0 Å². The van der Waals surface area contributed by atoms with Gasteiger partial charge in [-0.05, 0) is 48.2 Å². The Labute approximate surface area is 189 Å². The maximum absolute atomic E-state index is 13.2. The Bertz CT molecular complexity index is 1120. The van der Waals surface area contributed by atoms with E-state index in [1.165, 1.54) is 0 Å². The summed E-state index contributed by atoms with van der Waals surface area (Å²) < 4.78 is 40.4. The third kappa shape index (κ3) is 4.25. The summed E-state index contributed by atoms with van der Waals surface area (Å²) in [7, 11) is 0. The quantitative estimate of drug-likeness (QED) is 0.591. The molecule has 1 spiro atoms. The molecule has 2 aromatic heterocycles. The van der Waals surface area contributed by atoms with Crippen molar-refractivity contribution in [3.63, 3.8) is 0 Å². The van der Waals surface area contributed by atoms with Crippen LogP contribution in [0, 0.1) is 0 Å². The first kappa shape index (κ1) is 21.6. The van der Waals surface area contributed by atoms with Gasteiger partial charge in [-0.3, -0.25) is 19.6 Å². The number of alkyl halides is 3. The number of carbonyl (C=O) groups is 1. The number of hydrogen-bond donors (Lipinski definition) is 0. The largest absolute Gasteiger partial charge is 0.416 e. The van der Waals surface area contributed by atoms with Crippen molar-refractivity contribution >= 4 is 11.7 Å². The number of hydrogen-bond acceptors (Lipinski definition) is 4. The number of piperidine rings is 1. The molecule has 1 fully saturated rings. The van der Waals surface area contributed by atoms with Gasteiger partial charge in [-0.2, -0.15) is 18.3 Å². The van der Waals surface area contributed by atoms with Gasteiger partial charge in [-0.15, -0.1) is 0 Å². The van der Waals surface area contributed by atoms with Crippen molar-refractivity contribution in [2.45, 2.75) is 44.1 Å². The molecule has 0 atom stereocenters. The molecular weight excluding hydrogens is 431 g/mol. The van der Waals surface area contributed by atoms with Gasteiger partial charge >= 0.3 is 6.18 Å². The highest BCUT2D eigenvalue weighted by Crippen LogP contribution is 2.41. The fourth-order valence-electron chi connectivity index (χ4n) is 4.86. The fraction of sp³-hybridized carbons (Fsp3) is 0.375. The smallest absolute Gasteiger partial charge is 0.299 e. The zero-order valence-electron chi connectivity index (χ0n) is 18.0. The number of halogens is 3. The molecule has 2 aliphatic heterocycles. The van der Waals surface area contributed by atoms with Crippen LogP contribution < -0.4 is 4.90 Å². The zero-order valence-corrected chi connectivity index (χ0v) is 18.0. The Kier molecular flexibility index (Phi) is 5.44. The van der Waals surface area contributed by atoms with Crippen LogP contribution >= 0.6 is 0 Å². The van der Waals surface area contributed by atoms with Crippen molar-refractivity contribution in [3.05, 3.63) is 77.7 Å². The van der Waals surface area contributed by atoms with Crippen LogP contribution in [0.25, 0.3) is 0 Å². The van der Waals surface area contributed by atoms with Gasteiger partial charge < -0.3 is 0 Å². The Morgan fingerprint density at radius 1 is 0.879 bits per heavy atom. The molecule has 2 aliphatic rings. The summed E-state index contributed by atoms with van der Waals surface area (Å²) in [6.45, 7) is 2.56. The first-order chi connectivity index (χ1) is 15.8. The van der Waals surface area contributed by atoms with E-state index in [1.807, 2.05) is 22.9 Å². The van der Waals surface area contributed by atoms with Crippen LogP contribution in [0.15, 0.2) is 61.1 Å². The van der Waals surface area contributed by atoms with Crippen molar-refractivity contribution < 1.29 is 18.0 Å². The van der Waals surface area contributed by atoms with Gasteiger partial charge in [-0.25, -0.2) is 4.68 Å². The van der Waals surface area contributed by atoms with E-state index in [4.69, 9.17) is 0 Å². The molecule has 1 aromatic carbocycles. The molecule has 9 heteroatoms. The lowest BCUT2D eigenvalue weighted by molar-refractivity contribution is -0.137. The molecule has 5 rings (SSSR count). The van der Waals surface area contributed by atoms with Gasteiger partial charge in [0.15, 0.2) is 0 Å². The summed E-state index contributed by atoms with van der Waals surface area (Å²) in [4.78, 5) is 21.2. The Morgan fingerprint density at radius 3 is 2.21 bits per heavy atom. The highest BCUT2D eigenvalue weighted by atomic mass is 19.4. The predicted molar refractivity (Wildman–Crippen MR) is 116 cm³/mol. The molecule has 1 saturated heterocycles. The monoisotopic (exact) mass is 455 g/mol. The van der Waals surface area contributed by atoms with Crippen molar-refractivity contribution in [2.24, 2.45) is 0 Å². The highest BCUT2D eigenvalue weighted by molar-refractivity contribution is 5.94. The minimum absolute atomic E-state index is 0.0796. The first-order valence-corrected chi connectivity index (χ1v) is 11.0. The summed E-state index contributed by atoms with van der Waals surface area (Å²) >= 11 is 0. The average Bonchev–Trinajstić information content (AvgIpc) is 3.30. The molecule has 0 unspecified atom stereocenters. The summed E-state index contributed by atoms with van der Waals surface area (Å²) in [6, 6.07) is 11.0. The molecule has 33 heavy (non-hydrogen) atoms. The van der Waals surface area contributed by atoms with Gasteiger partial charge in [-0.1, -0.05) is 12.1 Å². The summed E-state index contributed by atoms with van der Waals surface area (Å²) in [5.41, 5.74) is 0.865. The highest BCUT2D eigenvalue weighted by Gasteiger charge is 2.45. The van der Waals surface area contributed by atoms with Gasteiger partial charge in [0.1, 0.15) is 5.82 Å². The van der Waals surface area contributed by atoms with Crippen LogP contribution in [-0.4, -0.2) is 38.7 Å². The molecule has 6 nitrogen and oxygen atoms in total. The number of benzene rings is 1. The molecule has 0 bridgehead atoms. The van der Waals surface area contributed by atoms with Crippen LogP contribution in [0.4, 0.5) is 19.0 Å². The maximum Gasteiger partial charge on any atom is 0.416 e. The molecule has 0 radical (unpaired) electrons. The number of fused-ring (bicyclic) bond motifs is 2. The van der Waals surface area contributed by atoms with Crippen LogP contribution in [0.1, 0.15) is 36.0 Å². The molecule has 3 aromatic rings. The van der Waals surface area contributed by atoms with E-state index < -0.39 is 11.7 Å². The first-order valence-electron chi connectivity index (χ1n) is 11.0. The average molecular weight is 455 g/mol. The van der Waals surface area contributed by atoms with Crippen molar-refractivity contribution in [1.82, 2.24) is 19.7 Å². The van der Waals surface area contributed by atoms with E-state index >= 15 is 0 Å². The minimum Gasteiger partial charge on any atom is -0.299 e. The van der Waals surface area contributed by atoms with Crippen molar-refractivity contribution in [3.8, 4) is 0 Å². The molecule has 0 aliphatic carbocycles. The maximum atomic E-state index is 13.2. The molecule has 0 saturated carbocycles. The second kappa shape index (κ2) is 8.30. The van der Waals surface area contributed by atoms with E-state index in [2.05, 4.69) is 15.0 Å². The lowest BCUT2D eigenvalue weighted by Gasteiger charge is -2.46. The molecule has 1 amide bonds. The van der Waals surface area contributed by atoms with Gasteiger partial charge in [0.2, 0.25) is 5.91 Å². The molecular formula is C24H24F3N5O. The van der Waals surface area contributed by atoms with Crippen LogP contribution in [0.3, 0.4) is 0 Å². The van der Waals surface area contributed by atoms with Crippen LogP contribution in [0.5, 0.6) is 0 Å². The van der Waals surface area contributed by atoms with E-state index in [1.54, 1.807) is 35.6 Å². The van der Waals surface area contributed by atoms with Crippen molar-refractivity contribution in [1.29, 1.82) is 0 Å². The Hall–Kier alpha value is -3.20. The third-order valence-electron chi connectivity index (χ3n) is 6.69. The standard InChI is InChI=1S/C24H24F3N5O/c25-24(26,27)20-3-1-18(2-4-20)16-30-13-8-23(9-14-30)15-22(33)31(21-7-12-29-32(21)23)17-19-5-10-28-11-6-19/h1-7,10-12H,8-9,13-17H2. The molecule has 4 heterocycles. The number of aromatic nitrogens is 3. The molecule has 172 valence electrons. The number of carbonyl (C=O) groups excluding carboxylic acids is 1. The number of nitrogens with zero attached hydrogens (tertiary/aromatic N) is 5. The number of anilines is 1. The summed E-state index contributed by atoms with van der Waals surface area (Å²) in [6.07, 6.45) is 2.76. The van der Waals surface area contributed by atoms with E-state index in [9.17, 15) is 18.0 Å². The van der Waals surface area contributed by atoms with Gasteiger partial charge in [0, 0.05) is 38.1 Å². The number of likely N-dealkylation sites (tertiary alicyclic amines) is 1. The summed E-state index contributed by atoms with van der Waals surface area (Å²) in [5, 5.41) is 4.59. The molecule has 0 N–H and O–H groups in total. The van der Waals surface area contributed by atoms with Crippen molar-refractivity contribution in [2.75, 3.05) is 18.0 Å². The lowest BCUT2D eigenvalue weighted by Crippen LogP contribution is -2.53. The SMILES string of the molecule is O=C1CC2(CCN(Cc3ccc(C(F)(F)F)cc3)CC2)n2nccc2N1Cc1ccncc1. The lowest BCUT2D eigenvalue weighted by atomic mass is 9.82. The number of amides is 1.